The van der Waals surface area contributed by atoms with Crippen molar-refractivity contribution >= 4 is 12.4 Å². The van der Waals surface area contributed by atoms with Crippen molar-refractivity contribution in [3.63, 3.8) is 0 Å². The molecule has 0 radical (unpaired) electrons. The minimum absolute atomic E-state index is 1.50. The SMILES string of the molecule is C1=NNNN=C1.CN. The Balaban J connectivity index is 0.000000222. The molecule has 0 aromatic rings. The average Bonchev–Trinajstić information content (AvgIpc) is 1.96. The molecule has 1 aliphatic rings. The molecule has 5 heteroatoms. The molecule has 0 fully saturated rings. The Hall–Kier alpha value is -1.10. The van der Waals surface area contributed by atoms with Gasteiger partial charge in [-0.05, 0) is 7.05 Å². The second-order valence-electron chi connectivity index (χ2n) is 0.780. The molecule has 1 aliphatic heterocycles. The lowest BCUT2D eigenvalue weighted by atomic mass is 10.8. The molecule has 4 N–H and O–H groups in total. The summed E-state index contributed by atoms with van der Waals surface area (Å²) in [5, 5.41) is 7.08. The Kier molecular flexibility index (Phi) is 5.09. The van der Waals surface area contributed by atoms with Gasteiger partial charge < -0.3 is 5.73 Å². The van der Waals surface area contributed by atoms with Crippen molar-refractivity contribution in [2.45, 2.75) is 0 Å². The lowest BCUT2D eigenvalue weighted by Gasteiger charge is -1.96. The molecule has 0 aromatic heterocycles. The summed E-state index contributed by atoms with van der Waals surface area (Å²) in [4.78, 5) is 0. The van der Waals surface area contributed by atoms with Gasteiger partial charge in [0.1, 0.15) is 0 Å². The van der Waals surface area contributed by atoms with Gasteiger partial charge in [0.2, 0.25) is 0 Å². The first-order valence-electron chi connectivity index (χ1n) is 2.12. The quantitative estimate of drug-likeness (QED) is 0.365. The lowest BCUT2D eigenvalue weighted by Crippen LogP contribution is -2.24. The molecular formula is C3H9N5. The molecule has 46 valence electrons. The summed E-state index contributed by atoms with van der Waals surface area (Å²) < 4.78 is 0. The van der Waals surface area contributed by atoms with Gasteiger partial charge in [0.15, 0.2) is 0 Å². The smallest absolute Gasteiger partial charge is 0.0690 e. The third-order valence-electron chi connectivity index (χ3n) is 0.395. The Morgan fingerprint density at radius 1 is 1.12 bits per heavy atom. The van der Waals surface area contributed by atoms with E-state index in [-0.39, 0.29) is 0 Å². The van der Waals surface area contributed by atoms with Crippen molar-refractivity contribution in [2.24, 2.45) is 15.9 Å². The standard InChI is InChI=1S/C2H4N4.CH5N/c1-2-4-6-5-3-1;1-2/h1-2,5-6H;2H2,1H3. The van der Waals surface area contributed by atoms with E-state index in [9.17, 15) is 0 Å². The first-order chi connectivity index (χ1) is 4.00. The highest BCUT2D eigenvalue weighted by Gasteiger charge is 1.71. The van der Waals surface area contributed by atoms with Crippen LogP contribution in [0.25, 0.3) is 0 Å². The summed E-state index contributed by atoms with van der Waals surface area (Å²) >= 11 is 0. The molecule has 1 rings (SSSR count). The summed E-state index contributed by atoms with van der Waals surface area (Å²) in [7, 11) is 1.50. The maximum absolute atomic E-state index is 4.50. The van der Waals surface area contributed by atoms with Gasteiger partial charge in [-0.1, -0.05) is 0 Å². The Morgan fingerprint density at radius 2 is 1.50 bits per heavy atom. The van der Waals surface area contributed by atoms with Gasteiger partial charge in [-0.15, -0.1) is 0 Å². The van der Waals surface area contributed by atoms with Crippen molar-refractivity contribution in [3.8, 4) is 0 Å². The summed E-state index contributed by atoms with van der Waals surface area (Å²) in [5.74, 6) is 0. The van der Waals surface area contributed by atoms with Crippen LogP contribution >= 0.6 is 0 Å². The summed E-state index contributed by atoms with van der Waals surface area (Å²) in [5.41, 5.74) is 9.31. The van der Waals surface area contributed by atoms with E-state index >= 15 is 0 Å². The second-order valence-corrected chi connectivity index (χ2v) is 0.780. The van der Waals surface area contributed by atoms with Crippen molar-refractivity contribution in [2.75, 3.05) is 7.05 Å². The first-order valence-corrected chi connectivity index (χ1v) is 2.12. The van der Waals surface area contributed by atoms with Crippen LogP contribution < -0.4 is 16.8 Å². The summed E-state index contributed by atoms with van der Waals surface area (Å²) in [6.45, 7) is 0. The summed E-state index contributed by atoms with van der Waals surface area (Å²) in [6, 6.07) is 0. The molecule has 0 saturated heterocycles. The number of hydrazine groups is 1. The molecule has 1 heterocycles. The monoisotopic (exact) mass is 115 g/mol. The molecule has 0 atom stereocenters. The maximum Gasteiger partial charge on any atom is 0.0690 e. The molecule has 0 aromatic carbocycles. The van der Waals surface area contributed by atoms with Gasteiger partial charge in [0.05, 0.1) is 12.4 Å². The van der Waals surface area contributed by atoms with Crippen LogP contribution in [0.5, 0.6) is 0 Å². The molecule has 0 amide bonds. The van der Waals surface area contributed by atoms with Crippen molar-refractivity contribution in [3.05, 3.63) is 0 Å². The van der Waals surface area contributed by atoms with Gasteiger partial charge >= 0.3 is 0 Å². The molecule has 5 nitrogen and oxygen atoms in total. The largest absolute Gasteiger partial charge is 0.333 e. The first kappa shape index (κ1) is 6.90. The van der Waals surface area contributed by atoms with Crippen LogP contribution in [0, 0.1) is 0 Å². The fraction of sp³-hybridized carbons (Fsp3) is 0.333. The molecule has 0 bridgehead atoms. The number of nitrogens with one attached hydrogen (secondary N) is 2. The van der Waals surface area contributed by atoms with Gasteiger partial charge in [0.25, 0.3) is 0 Å². The van der Waals surface area contributed by atoms with E-state index in [1.165, 1.54) is 7.05 Å². The van der Waals surface area contributed by atoms with Crippen LogP contribution in [-0.2, 0) is 0 Å². The number of rotatable bonds is 0. The molecular weight excluding hydrogens is 106 g/mol. The number of hydrazone groups is 2. The third kappa shape index (κ3) is 3.10. The van der Waals surface area contributed by atoms with Gasteiger partial charge in [-0.2, -0.15) is 10.2 Å². The van der Waals surface area contributed by atoms with Crippen molar-refractivity contribution < 1.29 is 0 Å². The Morgan fingerprint density at radius 3 is 1.62 bits per heavy atom. The average molecular weight is 115 g/mol. The van der Waals surface area contributed by atoms with E-state index in [4.69, 9.17) is 0 Å². The molecule has 0 saturated carbocycles. The zero-order valence-electron chi connectivity index (χ0n) is 4.63. The Bertz CT molecular complexity index is 73.7. The maximum atomic E-state index is 4.50. The second kappa shape index (κ2) is 5.90. The molecule has 8 heavy (non-hydrogen) atoms. The van der Waals surface area contributed by atoms with E-state index in [0.717, 1.165) is 0 Å². The van der Waals surface area contributed by atoms with Gasteiger partial charge in [-0.25, -0.2) is 11.1 Å². The van der Waals surface area contributed by atoms with Crippen molar-refractivity contribution in [1.29, 1.82) is 0 Å². The molecule has 0 spiro atoms. The van der Waals surface area contributed by atoms with Crippen LogP contribution in [0.3, 0.4) is 0 Å². The zero-order valence-corrected chi connectivity index (χ0v) is 4.63. The van der Waals surface area contributed by atoms with Crippen molar-refractivity contribution in [1.82, 2.24) is 11.1 Å². The van der Waals surface area contributed by atoms with Crippen LogP contribution in [0.2, 0.25) is 0 Å². The van der Waals surface area contributed by atoms with E-state index in [1.54, 1.807) is 12.4 Å². The topological polar surface area (TPSA) is 74.8 Å². The van der Waals surface area contributed by atoms with Crippen LogP contribution in [-0.4, -0.2) is 19.5 Å². The normalized spacial score (nSPS) is 12.8. The van der Waals surface area contributed by atoms with Crippen LogP contribution in [0.4, 0.5) is 0 Å². The number of hydrogen-bond acceptors (Lipinski definition) is 5. The highest BCUT2D eigenvalue weighted by atomic mass is 15.7. The molecule has 0 aliphatic carbocycles. The number of hydrogen-bond donors (Lipinski definition) is 3. The Labute approximate surface area is 47.6 Å². The van der Waals surface area contributed by atoms with Crippen LogP contribution in [0.1, 0.15) is 0 Å². The fourth-order valence-electron chi connectivity index (χ4n) is 0.199. The fourth-order valence-corrected chi connectivity index (χ4v) is 0.199. The predicted molar refractivity (Wildman–Crippen MR) is 33.4 cm³/mol. The van der Waals surface area contributed by atoms with E-state index < -0.39 is 0 Å². The van der Waals surface area contributed by atoms with Gasteiger partial charge in [-0.3, -0.25) is 0 Å². The third-order valence-corrected chi connectivity index (χ3v) is 0.395. The van der Waals surface area contributed by atoms with E-state index in [1.807, 2.05) is 0 Å². The summed E-state index contributed by atoms with van der Waals surface area (Å²) in [6.07, 6.45) is 3.10. The number of nitrogens with zero attached hydrogens (tertiary/aromatic N) is 2. The predicted octanol–water partition coefficient (Wildman–Crippen LogP) is -1.36. The minimum atomic E-state index is 1.50. The van der Waals surface area contributed by atoms with Crippen LogP contribution in [0.15, 0.2) is 10.2 Å². The minimum Gasteiger partial charge on any atom is -0.333 e. The van der Waals surface area contributed by atoms with Gasteiger partial charge in [0, 0.05) is 0 Å². The van der Waals surface area contributed by atoms with E-state index in [0.29, 0.717) is 0 Å². The molecule has 0 unspecified atom stereocenters. The number of nitrogens with two attached hydrogens (primary N) is 1. The van der Waals surface area contributed by atoms with E-state index in [2.05, 4.69) is 27.0 Å². The highest BCUT2D eigenvalue weighted by Crippen LogP contribution is 1.57. The zero-order chi connectivity index (χ0) is 6.24. The lowest BCUT2D eigenvalue weighted by molar-refractivity contribution is 0.585. The highest BCUT2D eigenvalue weighted by molar-refractivity contribution is 6.16.